The van der Waals surface area contributed by atoms with Crippen molar-refractivity contribution in [1.82, 2.24) is 15.3 Å². The van der Waals surface area contributed by atoms with Crippen molar-refractivity contribution < 1.29 is 9.18 Å². The number of halogens is 1. The summed E-state index contributed by atoms with van der Waals surface area (Å²) in [6, 6.07) is 6.35. The maximum absolute atomic E-state index is 13.6. The third-order valence-electron chi connectivity index (χ3n) is 4.90. The summed E-state index contributed by atoms with van der Waals surface area (Å²) in [6.45, 7) is 0.145. The average Bonchev–Trinajstić information content (AvgIpc) is 3.04. The molecule has 27 heavy (non-hydrogen) atoms. The minimum Gasteiger partial charge on any atom is -0.352 e. The number of thiophene rings is 1. The van der Waals surface area contributed by atoms with Crippen LogP contribution in [0.25, 0.3) is 10.2 Å². The molecule has 2 aromatic heterocycles. The molecule has 1 aromatic carbocycles. The highest BCUT2D eigenvalue weighted by Crippen LogP contribution is 2.33. The van der Waals surface area contributed by atoms with Crippen LogP contribution in [0.3, 0.4) is 0 Å². The van der Waals surface area contributed by atoms with Crippen molar-refractivity contribution >= 4 is 27.5 Å². The molecule has 7 heteroatoms. The number of nitrogens with one attached hydrogen (secondary N) is 2. The van der Waals surface area contributed by atoms with E-state index in [2.05, 4.69) is 15.3 Å². The molecule has 5 nitrogen and oxygen atoms in total. The van der Waals surface area contributed by atoms with E-state index in [0.29, 0.717) is 17.8 Å². The number of H-pyrrole nitrogens is 1. The van der Waals surface area contributed by atoms with Crippen molar-refractivity contribution in [3.8, 4) is 0 Å². The summed E-state index contributed by atoms with van der Waals surface area (Å²) in [6.07, 6.45) is 4.77. The molecular formula is C20H20FN3O2S. The maximum atomic E-state index is 13.6. The predicted octanol–water partition coefficient (Wildman–Crippen LogP) is 3.25. The van der Waals surface area contributed by atoms with Gasteiger partial charge in [-0.1, -0.05) is 18.2 Å². The minimum absolute atomic E-state index is 0.110. The van der Waals surface area contributed by atoms with E-state index in [4.69, 9.17) is 0 Å². The van der Waals surface area contributed by atoms with Gasteiger partial charge in [-0.3, -0.25) is 9.59 Å². The van der Waals surface area contributed by atoms with Gasteiger partial charge in [0.2, 0.25) is 5.91 Å². The van der Waals surface area contributed by atoms with Gasteiger partial charge in [0.05, 0.1) is 5.39 Å². The Bertz CT molecular complexity index is 1060. The molecule has 140 valence electrons. The first-order valence-corrected chi connectivity index (χ1v) is 9.97. The minimum atomic E-state index is -0.337. The van der Waals surface area contributed by atoms with Gasteiger partial charge >= 0.3 is 0 Å². The first kappa shape index (κ1) is 17.9. The molecule has 1 amide bonds. The number of nitrogens with zero attached hydrogens (tertiary/aromatic N) is 1. The van der Waals surface area contributed by atoms with Gasteiger partial charge in [-0.25, -0.2) is 9.37 Å². The summed E-state index contributed by atoms with van der Waals surface area (Å²) in [5.74, 6) is -0.0190. The van der Waals surface area contributed by atoms with E-state index in [1.165, 1.54) is 10.9 Å². The molecule has 1 aliphatic carbocycles. The highest BCUT2D eigenvalue weighted by Gasteiger charge is 2.19. The lowest BCUT2D eigenvalue weighted by molar-refractivity contribution is -0.121. The number of aromatic nitrogens is 2. The second kappa shape index (κ2) is 7.60. The van der Waals surface area contributed by atoms with Gasteiger partial charge in [0.1, 0.15) is 16.5 Å². The van der Waals surface area contributed by atoms with Gasteiger partial charge in [0.25, 0.3) is 5.56 Å². The first-order chi connectivity index (χ1) is 13.1. The molecule has 0 bridgehead atoms. The summed E-state index contributed by atoms with van der Waals surface area (Å²) >= 11 is 1.60. The molecule has 2 N–H and O–H groups in total. The average molecular weight is 385 g/mol. The Kier molecular flexibility index (Phi) is 5.03. The fraction of sp³-hybridized carbons (Fsp3) is 0.350. The fourth-order valence-corrected chi connectivity index (χ4v) is 4.76. The first-order valence-electron chi connectivity index (χ1n) is 9.15. The van der Waals surface area contributed by atoms with E-state index >= 15 is 0 Å². The van der Waals surface area contributed by atoms with E-state index < -0.39 is 0 Å². The van der Waals surface area contributed by atoms with E-state index in [-0.39, 0.29) is 30.2 Å². The Morgan fingerprint density at radius 2 is 2.07 bits per heavy atom. The number of aryl methyl sites for hydroxylation is 3. The van der Waals surface area contributed by atoms with Crippen LogP contribution in [0.15, 0.2) is 29.1 Å². The van der Waals surface area contributed by atoms with Gasteiger partial charge in [0.15, 0.2) is 0 Å². The number of carbonyl (C=O) groups is 1. The van der Waals surface area contributed by atoms with Gasteiger partial charge in [-0.05, 0) is 37.3 Å². The quantitative estimate of drug-likeness (QED) is 0.708. The number of aromatic amines is 1. The third-order valence-corrected chi connectivity index (χ3v) is 6.08. The lowest BCUT2D eigenvalue weighted by Crippen LogP contribution is -2.24. The molecule has 4 rings (SSSR count). The number of benzene rings is 1. The van der Waals surface area contributed by atoms with Crippen LogP contribution in [0.1, 0.15) is 41.1 Å². The predicted molar refractivity (Wildman–Crippen MR) is 103 cm³/mol. The molecule has 0 spiro atoms. The molecule has 0 unspecified atom stereocenters. The molecular weight excluding hydrogens is 365 g/mol. The lowest BCUT2D eigenvalue weighted by Gasteiger charge is -2.09. The van der Waals surface area contributed by atoms with E-state index in [9.17, 15) is 14.0 Å². The lowest BCUT2D eigenvalue weighted by atomic mass is 9.97. The van der Waals surface area contributed by atoms with Gasteiger partial charge in [0, 0.05) is 29.8 Å². The number of hydrogen-bond donors (Lipinski definition) is 2. The SMILES string of the molecule is O=C(CCc1nc2sc3c(c2c(=O)[nH]1)CCCC3)NCc1ccccc1F. The van der Waals surface area contributed by atoms with Crippen LogP contribution in [0.5, 0.6) is 0 Å². The van der Waals surface area contributed by atoms with Crippen LogP contribution in [0, 0.1) is 5.82 Å². The Morgan fingerprint density at radius 1 is 1.26 bits per heavy atom. The summed E-state index contributed by atoms with van der Waals surface area (Å²) in [7, 11) is 0. The second-order valence-electron chi connectivity index (χ2n) is 6.77. The topological polar surface area (TPSA) is 74.8 Å². The van der Waals surface area contributed by atoms with Crippen LogP contribution < -0.4 is 10.9 Å². The molecule has 0 saturated carbocycles. The van der Waals surface area contributed by atoms with Crippen molar-refractivity contribution in [3.05, 3.63) is 62.3 Å². The van der Waals surface area contributed by atoms with Gasteiger partial charge < -0.3 is 10.3 Å². The van der Waals surface area contributed by atoms with Crippen LogP contribution in [-0.2, 0) is 30.6 Å². The van der Waals surface area contributed by atoms with E-state index in [1.54, 1.807) is 29.5 Å². The van der Waals surface area contributed by atoms with Crippen LogP contribution in [-0.4, -0.2) is 15.9 Å². The van der Waals surface area contributed by atoms with Crippen molar-refractivity contribution in [3.63, 3.8) is 0 Å². The van der Waals surface area contributed by atoms with Crippen molar-refractivity contribution in [1.29, 1.82) is 0 Å². The van der Waals surface area contributed by atoms with Gasteiger partial charge in [-0.15, -0.1) is 11.3 Å². The molecule has 0 saturated heterocycles. The summed E-state index contributed by atoms with van der Waals surface area (Å²) in [4.78, 5) is 34.0. The Labute approximate surface area is 159 Å². The zero-order valence-electron chi connectivity index (χ0n) is 14.8. The summed E-state index contributed by atoms with van der Waals surface area (Å²) in [5.41, 5.74) is 1.49. The van der Waals surface area contributed by atoms with Gasteiger partial charge in [-0.2, -0.15) is 0 Å². The summed E-state index contributed by atoms with van der Waals surface area (Å²) in [5, 5.41) is 3.43. The highest BCUT2D eigenvalue weighted by molar-refractivity contribution is 7.18. The molecule has 0 fully saturated rings. The summed E-state index contributed by atoms with van der Waals surface area (Å²) < 4.78 is 13.6. The zero-order chi connectivity index (χ0) is 18.8. The van der Waals surface area contributed by atoms with Crippen LogP contribution in [0.4, 0.5) is 4.39 Å². The largest absolute Gasteiger partial charge is 0.352 e. The number of amides is 1. The highest BCUT2D eigenvalue weighted by atomic mass is 32.1. The van der Waals surface area contributed by atoms with Crippen molar-refractivity contribution in [2.24, 2.45) is 0 Å². The molecule has 2 heterocycles. The molecule has 0 radical (unpaired) electrons. The van der Waals surface area contributed by atoms with E-state index in [1.807, 2.05) is 0 Å². The molecule has 3 aromatic rings. The van der Waals surface area contributed by atoms with Crippen LogP contribution >= 0.6 is 11.3 Å². The zero-order valence-corrected chi connectivity index (χ0v) is 15.6. The Hall–Kier alpha value is -2.54. The standard InChI is InChI=1S/C20H20FN3O2S/c21-14-7-3-1-5-12(14)11-22-17(25)10-9-16-23-19(26)18-13-6-2-4-8-15(13)27-20(18)24-16/h1,3,5,7H,2,4,6,8-11H2,(H,22,25)(H,23,24,26). The number of carbonyl (C=O) groups excluding carboxylic acids is 1. The molecule has 0 atom stereocenters. The van der Waals surface area contributed by atoms with E-state index in [0.717, 1.165) is 41.5 Å². The van der Waals surface area contributed by atoms with Crippen LogP contribution in [0.2, 0.25) is 0 Å². The number of rotatable bonds is 5. The van der Waals surface area contributed by atoms with Crippen molar-refractivity contribution in [2.45, 2.75) is 45.1 Å². The maximum Gasteiger partial charge on any atom is 0.259 e. The van der Waals surface area contributed by atoms with Crippen molar-refractivity contribution in [2.75, 3.05) is 0 Å². The Morgan fingerprint density at radius 3 is 2.93 bits per heavy atom. The number of fused-ring (bicyclic) bond motifs is 3. The monoisotopic (exact) mass is 385 g/mol. The molecule has 1 aliphatic rings. The third kappa shape index (κ3) is 3.78. The number of hydrogen-bond acceptors (Lipinski definition) is 4. The molecule has 0 aliphatic heterocycles. The Balaban J connectivity index is 1.42. The second-order valence-corrected chi connectivity index (χ2v) is 7.86. The fourth-order valence-electron chi connectivity index (χ4n) is 3.48. The smallest absolute Gasteiger partial charge is 0.259 e. The normalized spacial score (nSPS) is 13.5.